The van der Waals surface area contributed by atoms with Crippen molar-refractivity contribution in [1.29, 1.82) is 0 Å². The van der Waals surface area contributed by atoms with Crippen molar-refractivity contribution >= 4 is 11.9 Å². The quantitative estimate of drug-likeness (QED) is 0.0195. The first-order chi connectivity index (χ1) is 42.7. The smallest absolute Gasteiger partial charge is 0.306 e. The molecule has 1 rings (SSSR count). The van der Waals surface area contributed by atoms with Crippen LogP contribution < -0.4 is 5.32 Å². The van der Waals surface area contributed by atoms with Gasteiger partial charge in [0.1, 0.15) is 24.4 Å². The van der Waals surface area contributed by atoms with Crippen molar-refractivity contribution in [3.63, 3.8) is 0 Å². The lowest BCUT2D eigenvalue weighted by atomic mass is 9.99. The molecule has 1 fully saturated rings. The summed E-state index contributed by atoms with van der Waals surface area (Å²) in [6, 6.07) is -1.03. The van der Waals surface area contributed by atoms with E-state index in [-0.39, 0.29) is 19.4 Å². The molecular formula is C76H131NO10. The molecule has 0 aromatic heterocycles. The number of ether oxygens (including phenoxy) is 3. The molecule has 1 amide bonds. The Kier molecular flexibility index (Phi) is 58.4. The van der Waals surface area contributed by atoms with Crippen LogP contribution in [0, 0.1) is 0 Å². The van der Waals surface area contributed by atoms with E-state index >= 15 is 0 Å². The van der Waals surface area contributed by atoms with Crippen LogP contribution in [0.5, 0.6) is 0 Å². The third-order valence-corrected chi connectivity index (χ3v) is 16.2. The van der Waals surface area contributed by atoms with E-state index in [4.69, 9.17) is 14.2 Å². The van der Waals surface area contributed by atoms with Gasteiger partial charge in [0.25, 0.3) is 0 Å². The SMILES string of the molecule is CC/C=C\C/C=C\C/C=C\C/C=C\C/C=C\CCCCCCCCCC(=O)OC1C(OCC(NC(=O)C(O)CCCCCCCCCCCCC/C=C\C/C=C\C/C=C\CCCCC)C(O)/C=C/CCCCCCCCCCC)OC(CO)C(O)C1O. The molecule has 11 nitrogen and oxygen atoms in total. The molecule has 1 aliphatic rings. The molecule has 0 bridgehead atoms. The molecule has 8 unspecified atom stereocenters. The Morgan fingerprint density at radius 1 is 0.460 bits per heavy atom. The van der Waals surface area contributed by atoms with Gasteiger partial charge in [0, 0.05) is 6.42 Å². The maximum Gasteiger partial charge on any atom is 0.306 e. The molecule has 11 heteroatoms. The highest BCUT2D eigenvalue weighted by Gasteiger charge is 2.47. The summed E-state index contributed by atoms with van der Waals surface area (Å²) in [4.78, 5) is 26.7. The van der Waals surface area contributed by atoms with E-state index in [2.05, 4.69) is 123 Å². The summed E-state index contributed by atoms with van der Waals surface area (Å²) < 4.78 is 17.7. The van der Waals surface area contributed by atoms with Crippen LogP contribution in [0.4, 0.5) is 0 Å². The van der Waals surface area contributed by atoms with Crippen LogP contribution in [0.1, 0.15) is 297 Å². The van der Waals surface area contributed by atoms with Crippen LogP contribution in [-0.2, 0) is 23.8 Å². The average molecular weight is 1220 g/mol. The summed E-state index contributed by atoms with van der Waals surface area (Å²) in [6.45, 7) is 5.65. The number of allylic oxidation sites excluding steroid dienone is 17. The van der Waals surface area contributed by atoms with Crippen LogP contribution in [0.2, 0.25) is 0 Å². The molecule has 1 heterocycles. The normalized spacial score (nSPS) is 18.9. The summed E-state index contributed by atoms with van der Waals surface area (Å²) in [7, 11) is 0. The van der Waals surface area contributed by atoms with Crippen molar-refractivity contribution in [3.8, 4) is 0 Å². The third kappa shape index (κ3) is 49.7. The van der Waals surface area contributed by atoms with E-state index < -0.39 is 67.4 Å². The van der Waals surface area contributed by atoms with Gasteiger partial charge < -0.3 is 45.1 Å². The second-order valence-electron chi connectivity index (χ2n) is 24.2. The molecule has 1 saturated heterocycles. The van der Waals surface area contributed by atoms with E-state index in [1.807, 2.05) is 6.08 Å². The van der Waals surface area contributed by atoms with E-state index in [0.717, 1.165) is 135 Å². The van der Waals surface area contributed by atoms with Crippen molar-refractivity contribution in [2.75, 3.05) is 13.2 Å². The van der Waals surface area contributed by atoms with Crippen molar-refractivity contribution in [3.05, 3.63) is 109 Å². The predicted molar refractivity (Wildman–Crippen MR) is 365 cm³/mol. The van der Waals surface area contributed by atoms with Crippen molar-refractivity contribution in [1.82, 2.24) is 5.32 Å². The first kappa shape index (κ1) is 81.3. The molecule has 0 saturated carbocycles. The summed E-state index contributed by atoms with van der Waals surface area (Å²) in [5.41, 5.74) is 0. The molecular weight excluding hydrogens is 1090 g/mol. The number of aliphatic hydroxyl groups is 5. The number of rotatable bonds is 60. The molecule has 0 spiro atoms. The fraction of sp³-hybridized carbons (Fsp3) is 0.737. The Morgan fingerprint density at radius 2 is 0.828 bits per heavy atom. The number of hydrogen-bond donors (Lipinski definition) is 6. The van der Waals surface area contributed by atoms with Crippen LogP contribution in [0.15, 0.2) is 109 Å². The Hall–Kier alpha value is -3.68. The van der Waals surface area contributed by atoms with Crippen LogP contribution in [0.3, 0.4) is 0 Å². The summed E-state index contributed by atoms with van der Waals surface area (Å²) >= 11 is 0. The number of carbonyl (C=O) groups is 2. The number of carbonyl (C=O) groups excluding carboxylic acids is 2. The summed E-state index contributed by atoms with van der Waals surface area (Å²) in [6.07, 6.45) is 75.5. The third-order valence-electron chi connectivity index (χ3n) is 16.2. The van der Waals surface area contributed by atoms with Crippen molar-refractivity contribution in [2.45, 2.75) is 346 Å². The number of esters is 1. The van der Waals surface area contributed by atoms with Gasteiger partial charge in [0.05, 0.1) is 25.4 Å². The zero-order valence-electron chi connectivity index (χ0n) is 55.6. The topological polar surface area (TPSA) is 175 Å². The maximum absolute atomic E-state index is 13.5. The summed E-state index contributed by atoms with van der Waals surface area (Å²) in [5, 5.41) is 57.2. The van der Waals surface area contributed by atoms with Gasteiger partial charge in [-0.1, -0.05) is 291 Å². The van der Waals surface area contributed by atoms with Gasteiger partial charge in [0.15, 0.2) is 12.4 Å². The Labute approximate surface area is 532 Å². The second kappa shape index (κ2) is 62.5. The van der Waals surface area contributed by atoms with E-state index in [0.29, 0.717) is 12.8 Å². The lowest BCUT2D eigenvalue weighted by molar-refractivity contribution is -0.305. The zero-order chi connectivity index (χ0) is 63.1. The predicted octanol–water partition coefficient (Wildman–Crippen LogP) is 18.4. The molecule has 6 N–H and O–H groups in total. The van der Waals surface area contributed by atoms with Gasteiger partial charge in [0.2, 0.25) is 5.91 Å². The summed E-state index contributed by atoms with van der Waals surface area (Å²) in [5.74, 6) is -1.21. The van der Waals surface area contributed by atoms with E-state index in [1.165, 1.54) is 116 Å². The van der Waals surface area contributed by atoms with E-state index in [9.17, 15) is 35.1 Å². The molecule has 0 radical (unpaired) electrons. The lowest BCUT2D eigenvalue weighted by Crippen LogP contribution is -2.61. The van der Waals surface area contributed by atoms with Crippen molar-refractivity contribution in [2.24, 2.45) is 0 Å². The maximum atomic E-state index is 13.5. The van der Waals surface area contributed by atoms with Crippen LogP contribution in [-0.4, -0.2) is 99.6 Å². The highest BCUT2D eigenvalue weighted by molar-refractivity contribution is 5.80. The largest absolute Gasteiger partial charge is 0.454 e. The second-order valence-corrected chi connectivity index (χ2v) is 24.2. The standard InChI is InChI=1S/C76H131NO10/c1-4-7-10-13-16-19-22-24-26-28-30-32-34-36-37-39-41-43-45-48-51-54-57-60-63-69(80)75(84)77-67(68(79)62-59-56-53-50-47-21-18-15-12-9-6-3)66-85-76-74(73(83)72(82)70(65-78)86-76)87-71(81)64-61-58-55-52-49-46-44-42-40-38-35-33-31-29-27-25-23-20-17-14-11-8-5-2/h8,11,16-17,19-20,24-27,30-33,38,40,59,62,67-70,72-74,76,78-80,82-83H,4-7,9-10,12-15,18,21-23,28-29,34-37,39,41-58,60-61,63-66H2,1-3H3,(H,77,84)/b11-8-,19-16-,20-17-,26-24-,27-25-,32-30-,33-31-,40-38-,62-59+. The van der Waals surface area contributed by atoms with Crippen LogP contribution >= 0.6 is 0 Å². The molecule has 0 aromatic rings. The van der Waals surface area contributed by atoms with Crippen LogP contribution in [0.25, 0.3) is 0 Å². The minimum atomic E-state index is -1.63. The molecule has 1 aliphatic heterocycles. The van der Waals surface area contributed by atoms with Crippen molar-refractivity contribution < 1.29 is 49.3 Å². The Balaban J connectivity index is 2.57. The molecule has 500 valence electrons. The number of hydrogen-bond acceptors (Lipinski definition) is 10. The number of unbranched alkanes of at least 4 members (excludes halogenated alkanes) is 30. The number of amides is 1. The molecule has 0 aliphatic carbocycles. The molecule has 0 aromatic carbocycles. The molecule has 87 heavy (non-hydrogen) atoms. The number of aliphatic hydroxyl groups excluding tert-OH is 5. The highest BCUT2D eigenvalue weighted by Crippen LogP contribution is 2.26. The first-order valence-corrected chi connectivity index (χ1v) is 35.7. The van der Waals surface area contributed by atoms with Gasteiger partial charge in [-0.25, -0.2) is 0 Å². The van der Waals surface area contributed by atoms with Gasteiger partial charge in [-0.15, -0.1) is 0 Å². The van der Waals surface area contributed by atoms with Gasteiger partial charge in [-0.2, -0.15) is 0 Å². The Morgan fingerprint density at radius 3 is 1.26 bits per heavy atom. The van der Waals surface area contributed by atoms with Gasteiger partial charge >= 0.3 is 5.97 Å². The monoisotopic (exact) mass is 1220 g/mol. The molecule has 8 atom stereocenters. The fourth-order valence-corrected chi connectivity index (χ4v) is 10.6. The highest BCUT2D eigenvalue weighted by atomic mass is 16.7. The minimum Gasteiger partial charge on any atom is -0.454 e. The first-order valence-electron chi connectivity index (χ1n) is 35.7. The van der Waals surface area contributed by atoms with Gasteiger partial charge in [-0.3, -0.25) is 9.59 Å². The zero-order valence-corrected chi connectivity index (χ0v) is 55.6. The minimum absolute atomic E-state index is 0.106. The lowest BCUT2D eigenvalue weighted by Gasteiger charge is -2.41. The average Bonchev–Trinajstić information content (AvgIpc) is 2.93. The van der Waals surface area contributed by atoms with Gasteiger partial charge in [-0.05, 0) is 109 Å². The Bertz CT molecular complexity index is 1830. The number of nitrogens with one attached hydrogen (secondary N) is 1. The fourth-order valence-electron chi connectivity index (χ4n) is 10.6. The van der Waals surface area contributed by atoms with E-state index in [1.54, 1.807) is 6.08 Å².